The summed E-state index contributed by atoms with van der Waals surface area (Å²) in [6, 6.07) is 19.9. The van der Waals surface area contributed by atoms with Gasteiger partial charge in [-0.15, -0.1) is 0 Å². The van der Waals surface area contributed by atoms with Crippen LogP contribution in [0.5, 0.6) is 5.75 Å². The molecule has 3 rings (SSSR count). The van der Waals surface area contributed by atoms with Gasteiger partial charge in [-0.2, -0.15) is 22.0 Å². The molecule has 3 aromatic carbocycles. The molecular formula is C32H31ClF5N3O5. The molecule has 0 unspecified atom stereocenters. The van der Waals surface area contributed by atoms with Gasteiger partial charge in [0, 0.05) is 10.7 Å². The van der Waals surface area contributed by atoms with Crippen molar-refractivity contribution >= 4 is 40.8 Å². The molecule has 0 aliphatic heterocycles. The lowest BCUT2D eigenvalue weighted by atomic mass is 9.95. The summed E-state index contributed by atoms with van der Waals surface area (Å²) >= 11 is 6.07. The van der Waals surface area contributed by atoms with Gasteiger partial charge in [-0.25, -0.2) is 0 Å². The number of para-hydroxylation sites is 1. The highest BCUT2D eigenvalue weighted by molar-refractivity contribution is 6.30. The topological polar surface area (TPSA) is 114 Å². The van der Waals surface area contributed by atoms with Crippen LogP contribution < -0.4 is 20.7 Å². The smallest absolute Gasteiger partial charge is 0.405 e. The number of nitrogens with one attached hydrogen (secondary N) is 3. The number of ether oxygens (including phenoxy) is 1. The van der Waals surface area contributed by atoms with Crippen molar-refractivity contribution in [2.24, 2.45) is 5.92 Å². The molecule has 0 radical (unpaired) electrons. The minimum absolute atomic E-state index is 0.146. The molecule has 0 fully saturated rings. The summed E-state index contributed by atoms with van der Waals surface area (Å²) in [4.78, 5) is 50.4. The normalized spacial score (nSPS) is 13.0. The van der Waals surface area contributed by atoms with Crippen LogP contribution in [0.2, 0.25) is 5.02 Å². The highest BCUT2D eigenvalue weighted by atomic mass is 35.5. The third kappa shape index (κ3) is 10.5. The Morgan fingerprint density at radius 1 is 0.848 bits per heavy atom. The maximum absolute atomic E-state index is 14.5. The first kappa shape index (κ1) is 36.0. The Balaban J connectivity index is 1.71. The number of alkyl halides is 5. The number of carbonyl (C=O) groups excluding carboxylic acids is 4. The zero-order valence-electron chi connectivity index (χ0n) is 24.7. The Morgan fingerprint density at radius 2 is 1.50 bits per heavy atom. The second-order valence-electron chi connectivity index (χ2n) is 10.6. The van der Waals surface area contributed by atoms with Gasteiger partial charge in [-0.3, -0.25) is 19.2 Å². The van der Waals surface area contributed by atoms with Gasteiger partial charge in [0.25, 0.3) is 5.91 Å². The van der Waals surface area contributed by atoms with Gasteiger partial charge in [-0.05, 0) is 41.3 Å². The Morgan fingerprint density at radius 3 is 2.13 bits per heavy atom. The predicted octanol–water partition coefficient (Wildman–Crippen LogP) is 6.06. The van der Waals surface area contributed by atoms with Crippen LogP contribution in [0.4, 0.5) is 27.6 Å². The molecule has 0 spiro atoms. The molecule has 0 aliphatic carbocycles. The van der Waals surface area contributed by atoms with Crippen LogP contribution in [0.1, 0.15) is 37.5 Å². The van der Waals surface area contributed by atoms with E-state index in [2.05, 4.69) is 10.6 Å². The van der Waals surface area contributed by atoms with Crippen molar-refractivity contribution in [1.82, 2.24) is 10.6 Å². The SMILES string of the molecule is CC(C)[C@H](NC(=O)Cc1ccccc1NC(=O)C[C@@H](Oc1cccc(Cl)c1)c1ccccc1)C(=O)C(F)(F)C(=O)NCC(F)(F)F. The summed E-state index contributed by atoms with van der Waals surface area (Å²) < 4.78 is 72.3. The Labute approximate surface area is 266 Å². The van der Waals surface area contributed by atoms with E-state index in [1.807, 2.05) is 6.07 Å². The molecule has 14 heteroatoms. The maximum Gasteiger partial charge on any atom is 0.405 e. The van der Waals surface area contributed by atoms with Crippen molar-refractivity contribution in [1.29, 1.82) is 0 Å². The van der Waals surface area contributed by atoms with E-state index in [0.717, 1.165) is 5.32 Å². The van der Waals surface area contributed by atoms with Crippen molar-refractivity contribution < 1.29 is 45.9 Å². The first-order valence-corrected chi connectivity index (χ1v) is 14.4. The molecule has 0 saturated carbocycles. The van der Waals surface area contributed by atoms with Gasteiger partial charge < -0.3 is 20.7 Å². The molecule has 246 valence electrons. The summed E-state index contributed by atoms with van der Waals surface area (Å²) in [5.74, 6) is -11.3. The van der Waals surface area contributed by atoms with E-state index in [9.17, 15) is 41.1 Å². The number of carbonyl (C=O) groups is 4. The molecule has 0 saturated heterocycles. The molecule has 3 N–H and O–H groups in total. The van der Waals surface area contributed by atoms with E-state index in [-0.39, 0.29) is 17.7 Å². The van der Waals surface area contributed by atoms with Crippen molar-refractivity contribution in [3.8, 4) is 5.75 Å². The number of Topliss-reactive ketones (excluding diaryl/α,β-unsaturated/α-hetero) is 1. The third-order valence-corrected chi connectivity index (χ3v) is 6.80. The molecule has 2 atom stereocenters. The average Bonchev–Trinajstić information content (AvgIpc) is 2.99. The number of anilines is 1. The van der Waals surface area contributed by atoms with Crippen LogP contribution in [0.3, 0.4) is 0 Å². The van der Waals surface area contributed by atoms with Gasteiger partial charge in [-0.1, -0.05) is 80.0 Å². The van der Waals surface area contributed by atoms with E-state index in [1.54, 1.807) is 60.7 Å². The number of hydrogen-bond acceptors (Lipinski definition) is 5. The quantitative estimate of drug-likeness (QED) is 0.143. The second-order valence-corrected chi connectivity index (χ2v) is 11.0. The third-order valence-electron chi connectivity index (χ3n) is 6.57. The molecule has 0 aromatic heterocycles. The van der Waals surface area contributed by atoms with Gasteiger partial charge in [0.1, 0.15) is 18.4 Å². The summed E-state index contributed by atoms with van der Waals surface area (Å²) in [6.45, 7) is 0.569. The van der Waals surface area contributed by atoms with E-state index in [4.69, 9.17) is 16.3 Å². The predicted molar refractivity (Wildman–Crippen MR) is 160 cm³/mol. The number of amides is 3. The van der Waals surface area contributed by atoms with Crippen LogP contribution >= 0.6 is 11.6 Å². The minimum atomic E-state index is -4.98. The zero-order chi connectivity index (χ0) is 34.1. The highest BCUT2D eigenvalue weighted by Crippen LogP contribution is 2.28. The van der Waals surface area contributed by atoms with Crippen LogP contribution in [0.25, 0.3) is 0 Å². The lowest BCUT2D eigenvalue weighted by Gasteiger charge is -2.25. The summed E-state index contributed by atoms with van der Waals surface area (Å²) in [7, 11) is 0. The number of benzene rings is 3. The van der Waals surface area contributed by atoms with Gasteiger partial charge in [0.2, 0.25) is 17.6 Å². The lowest BCUT2D eigenvalue weighted by Crippen LogP contribution is -2.57. The maximum atomic E-state index is 14.5. The zero-order valence-corrected chi connectivity index (χ0v) is 25.4. The fourth-order valence-corrected chi connectivity index (χ4v) is 4.48. The largest absolute Gasteiger partial charge is 0.485 e. The summed E-state index contributed by atoms with van der Waals surface area (Å²) in [6.07, 6.45) is -6.32. The molecule has 3 amide bonds. The summed E-state index contributed by atoms with van der Waals surface area (Å²) in [5.41, 5.74) is 1.20. The Kier molecular flexibility index (Phi) is 12.2. The van der Waals surface area contributed by atoms with Crippen molar-refractivity contribution in [2.75, 3.05) is 11.9 Å². The summed E-state index contributed by atoms with van der Waals surface area (Å²) in [5, 5.41) is 6.30. The van der Waals surface area contributed by atoms with Gasteiger partial charge >= 0.3 is 12.1 Å². The van der Waals surface area contributed by atoms with Crippen molar-refractivity contribution in [2.45, 2.75) is 50.9 Å². The van der Waals surface area contributed by atoms with Crippen molar-refractivity contribution in [3.05, 3.63) is 95.0 Å². The molecular weight excluding hydrogens is 637 g/mol. The fraction of sp³-hybridized carbons (Fsp3) is 0.312. The van der Waals surface area contributed by atoms with Gasteiger partial charge in [0.05, 0.1) is 18.9 Å². The molecule has 8 nitrogen and oxygen atoms in total. The molecule has 46 heavy (non-hydrogen) atoms. The average molecular weight is 668 g/mol. The molecule has 0 heterocycles. The van der Waals surface area contributed by atoms with E-state index < -0.39 is 66.6 Å². The first-order valence-electron chi connectivity index (χ1n) is 14.0. The van der Waals surface area contributed by atoms with Crippen molar-refractivity contribution in [3.63, 3.8) is 0 Å². The lowest BCUT2D eigenvalue weighted by molar-refractivity contribution is -0.165. The second kappa shape index (κ2) is 15.7. The van der Waals surface area contributed by atoms with E-state index in [0.29, 0.717) is 16.3 Å². The van der Waals surface area contributed by atoms with Gasteiger partial charge in [0.15, 0.2) is 0 Å². The number of rotatable bonds is 14. The fourth-order valence-electron chi connectivity index (χ4n) is 4.30. The monoisotopic (exact) mass is 667 g/mol. The molecule has 3 aromatic rings. The van der Waals surface area contributed by atoms with Crippen LogP contribution in [0.15, 0.2) is 78.9 Å². The van der Waals surface area contributed by atoms with Crippen LogP contribution in [-0.4, -0.2) is 48.2 Å². The Hall–Kier alpha value is -4.52. The Bertz CT molecular complexity index is 1540. The highest BCUT2D eigenvalue weighted by Gasteiger charge is 2.51. The minimum Gasteiger partial charge on any atom is -0.485 e. The van der Waals surface area contributed by atoms with Crippen LogP contribution in [0, 0.1) is 5.92 Å². The number of ketones is 1. The van der Waals surface area contributed by atoms with Crippen LogP contribution in [-0.2, 0) is 25.6 Å². The van der Waals surface area contributed by atoms with E-state index >= 15 is 0 Å². The first-order chi connectivity index (χ1) is 21.6. The number of hydrogen-bond donors (Lipinski definition) is 3. The van der Waals surface area contributed by atoms with E-state index in [1.165, 1.54) is 26.0 Å². The molecule has 0 bridgehead atoms. The number of halogens is 6. The standard InChI is InChI=1S/C32H31ClF5N3O5/c1-19(2)28(29(44)32(37,38)30(45)39-18-31(34,35)36)41-26(42)15-21-11-6-7-14-24(21)40-27(43)17-25(20-9-4-3-5-10-20)46-23-13-8-12-22(33)16-23/h3-14,16,19,25,28H,15,17-18H2,1-2H3,(H,39,45)(H,40,43)(H,41,42)/t25-,28+/m1/s1. The molecule has 0 aliphatic rings.